The van der Waals surface area contributed by atoms with Gasteiger partial charge in [-0.25, -0.2) is 4.79 Å². The van der Waals surface area contributed by atoms with Crippen molar-refractivity contribution in [3.05, 3.63) is 36.4 Å². The minimum Gasteiger partial charge on any atom is -0.465 e. The Morgan fingerprint density at radius 1 is 1.27 bits per heavy atom. The van der Waals surface area contributed by atoms with E-state index >= 15 is 0 Å². The predicted molar refractivity (Wildman–Crippen MR) is 67.4 cm³/mol. The second-order valence-electron chi connectivity index (χ2n) is 2.75. The molecule has 0 aromatic heterocycles. The fourth-order valence-corrected chi connectivity index (χ4v) is 0.385. The summed E-state index contributed by atoms with van der Waals surface area (Å²) in [4.78, 5) is 8.78. The average Bonchev–Trinajstić information content (AvgIpc) is 2.20. The van der Waals surface area contributed by atoms with Crippen molar-refractivity contribution < 1.29 is 9.90 Å². The first-order valence-corrected chi connectivity index (χ1v) is 5.18. The maximum Gasteiger partial charge on any atom is 0.402 e. The van der Waals surface area contributed by atoms with Crippen molar-refractivity contribution in [1.82, 2.24) is 0 Å². The summed E-state index contributed by atoms with van der Waals surface area (Å²) >= 11 is 4.10. The molecule has 0 aliphatic rings. The molecule has 1 aromatic rings. The number of rotatable bonds is 1. The predicted octanol–water partition coefficient (Wildman–Crippen LogP) is 3.02. The molecule has 1 atom stereocenters. The Bertz CT molecular complexity index is 197. The van der Waals surface area contributed by atoms with Crippen molar-refractivity contribution in [3.8, 4) is 0 Å². The van der Waals surface area contributed by atoms with Crippen LogP contribution in [0.1, 0.15) is 20.3 Å². The second-order valence-corrected chi connectivity index (χ2v) is 3.63. The summed E-state index contributed by atoms with van der Waals surface area (Å²) in [6.45, 7) is 4.21. The van der Waals surface area contributed by atoms with Gasteiger partial charge >= 0.3 is 6.09 Å². The average molecular weight is 229 g/mol. The first kappa shape index (κ1) is 16.3. The first-order chi connectivity index (χ1) is 7.00. The molecular formula is C11H19NO2S. The molecule has 0 saturated heterocycles. The van der Waals surface area contributed by atoms with Gasteiger partial charge in [0.25, 0.3) is 0 Å². The Labute approximate surface area is 96.7 Å². The SMILES string of the molecule is CCC(C)S.NC(=O)O.c1ccccc1. The third-order valence-corrected chi connectivity index (χ3v) is 1.62. The minimum absolute atomic E-state index is 0.579. The van der Waals surface area contributed by atoms with Crippen LogP contribution in [0.4, 0.5) is 4.79 Å². The molecule has 0 bridgehead atoms. The Kier molecular flexibility index (Phi) is 13.9. The normalized spacial score (nSPS) is 9.80. The van der Waals surface area contributed by atoms with Crippen LogP contribution in [0.2, 0.25) is 0 Å². The van der Waals surface area contributed by atoms with Gasteiger partial charge in [0.15, 0.2) is 0 Å². The van der Waals surface area contributed by atoms with E-state index in [1.807, 2.05) is 36.4 Å². The van der Waals surface area contributed by atoms with Crippen molar-refractivity contribution in [3.63, 3.8) is 0 Å². The Morgan fingerprint density at radius 2 is 1.40 bits per heavy atom. The standard InChI is InChI=1S/C6H6.C4H10S.CH3NO2/c1-2-4-6-5-3-1;1-3-4(2)5;2-1(3)4/h1-6H;4-5H,3H2,1-2H3;2H2,(H,3,4). The second kappa shape index (κ2) is 12.8. The van der Waals surface area contributed by atoms with Gasteiger partial charge in [-0.05, 0) is 11.7 Å². The zero-order valence-electron chi connectivity index (χ0n) is 9.13. The smallest absolute Gasteiger partial charge is 0.402 e. The molecule has 86 valence electrons. The monoisotopic (exact) mass is 229 g/mol. The van der Waals surface area contributed by atoms with E-state index in [9.17, 15) is 0 Å². The molecule has 1 aromatic carbocycles. The maximum atomic E-state index is 8.78. The first-order valence-electron chi connectivity index (χ1n) is 4.67. The zero-order chi connectivity index (χ0) is 12.1. The van der Waals surface area contributed by atoms with E-state index in [2.05, 4.69) is 32.2 Å². The lowest BCUT2D eigenvalue weighted by Gasteiger charge is -1.89. The van der Waals surface area contributed by atoms with E-state index in [1.165, 1.54) is 6.42 Å². The summed E-state index contributed by atoms with van der Waals surface area (Å²) in [7, 11) is 0. The third-order valence-electron chi connectivity index (χ3n) is 1.26. The van der Waals surface area contributed by atoms with Gasteiger partial charge in [0, 0.05) is 0 Å². The number of hydrogen-bond acceptors (Lipinski definition) is 2. The van der Waals surface area contributed by atoms with Gasteiger partial charge in [-0.3, -0.25) is 0 Å². The summed E-state index contributed by atoms with van der Waals surface area (Å²) < 4.78 is 0. The highest BCUT2D eigenvalue weighted by Crippen LogP contribution is 1.94. The van der Waals surface area contributed by atoms with E-state index in [1.54, 1.807) is 0 Å². The number of amides is 1. The Hall–Kier alpha value is -1.16. The third kappa shape index (κ3) is 32.2. The highest BCUT2D eigenvalue weighted by molar-refractivity contribution is 7.80. The number of nitrogens with two attached hydrogens (primary N) is 1. The van der Waals surface area contributed by atoms with E-state index in [0.717, 1.165) is 0 Å². The van der Waals surface area contributed by atoms with Crippen molar-refractivity contribution in [1.29, 1.82) is 0 Å². The Balaban J connectivity index is 0. The highest BCUT2D eigenvalue weighted by Gasteiger charge is 1.81. The van der Waals surface area contributed by atoms with Crippen molar-refractivity contribution >= 4 is 18.7 Å². The van der Waals surface area contributed by atoms with E-state index in [4.69, 9.17) is 9.90 Å². The van der Waals surface area contributed by atoms with Crippen LogP contribution in [0.5, 0.6) is 0 Å². The van der Waals surface area contributed by atoms with Crippen molar-refractivity contribution in [2.24, 2.45) is 5.73 Å². The van der Waals surface area contributed by atoms with Gasteiger partial charge in [-0.2, -0.15) is 12.6 Å². The fraction of sp³-hybridized carbons (Fsp3) is 0.364. The largest absolute Gasteiger partial charge is 0.465 e. The Morgan fingerprint density at radius 3 is 1.47 bits per heavy atom. The lowest BCUT2D eigenvalue weighted by atomic mass is 10.4. The molecule has 0 fully saturated rings. The van der Waals surface area contributed by atoms with E-state index in [-0.39, 0.29) is 0 Å². The van der Waals surface area contributed by atoms with Gasteiger partial charge < -0.3 is 10.8 Å². The number of thiol groups is 1. The van der Waals surface area contributed by atoms with Crippen LogP contribution in [0.15, 0.2) is 36.4 Å². The van der Waals surface area contributed by atoms with Crippen LogP contribution in [0.25, 0.3) is 0 Å². The molecule has 1 unspecified atom stereocenters. The molecule has 3 nitrogen and oxygen atoms in total. The van der Waals surface area contributed by atoms with E-state index in [0.29, 0.717) is 5.25 Å². The van der Waals surface area contributed by atoms with Crippen molar-refractivity contribution in [2.75, 3.05) is 0 Å². The van der Waals surface area contributed by atoms with Crippen LogP contribution < -0.4 is 5.73 Å². The molecular weight excluding hydrogens is 210 g/mol. The van der Waals surface area contributed by atoms with Gasteiger partial charge in [0.1, 0.15) is 0 Å². The van der Waals surface area contributed by atoms with Gasteiger partial charge in [-0.15, -0.1) is 0 Å². The summed E-state index contributed by atoms with van der Waals surface area (Å²) in [5.41, 5.74) is 4.03. The molecule has 0 radical (unpaired) electrons. The molecule has 0 aliphatic heterocycles. The number of hydrogen-bond donors (Lipinski definition) is 3. The topological polar surface area (TPSA) is 63.3 Å². The molecule has 0 spiro atoms. The molecule has 0 saturated carbocycles. The summed E-state index contributed by atoms with van der Waals surface area (Å²) in [5, 5.41) is 7.77. The van der Waals surface area contributed by atoms with Crippen LogP contribution in [-0.4, -0.2) is 16.4 Å². The van der Waals surface area contributed by atoms with Crippen LogP contribution >= 0.6 is 12.6 Å². The fourth-order valence-electron chi connectivity index (χ4n) is 0.385. The summed E-state index contributed by atoms with van der Waals surface area (Å²) in [6, 6.07) is 12.0. The van der Waals surface area contributed by atoms with E-state index < -0.39 is 6.09 Å². The molecule has 15 heavy (non-hydrogen) atoms. The van der Waals surface area contributed by atoms with Gasteiger partial charge in [-0.1, -0.05) is 50.2 Å². The van der Waals surface area contributed by atoms with Gasteiger partial charge in [0.05, 0.1) is 0 Å². The lowest BCUT2D eigenvalue weighted by Crippen LogP contribution is -2.03. The quantitative estimate of drug-likeness (QED) is 0.648. The molecule has 1 amide bonds. The molecule has 1 rings (SSSR count). The summed E-state index contributed by atoms with van der Waals surface area (Å²) in [6.07, 6.45) is -0.164. The number of carbonyl (C=O) groups is 1. The van der Waals surface area contributed by atoms with Crippen LogP contribution in [0.3, 0.4) is 0 Å². The highest BCUT2D eigenvalue weighted by atomic mass is 32.1. The molecule has 4 heteroatoms. The van der Waals surface area contributed by atoms with Crippen LogP contribution in [0, 0.1) is 0 Å². The molecule has 0 heterocycles. The number of carboxylic acid groups (broad SMARTS) is 1. The molecule has 3 N–H and O–H groups in total. The number of benzene rings is 1. The maximum absolute atomic E-state index is 8.78. The summed E-state index contributed by atoms with van der Waals surface area (Å²) in [5.74, 6) is 0. The molecule has 0 aliphatic carbocycles. The number of primary amides is 1. The lowest BCUT2D eigenvalue weighted by molar-refractivity contribution is 0.205. The van der Waals surface area contributed by atoms with Gasteiger partial charge in [0.2, 0.25) is 0 Å². The van der Waals surface area contributed by atoms with Crippen molar-refractivity contribution in [2.45, 2.75) is 25.5 Å². The zero-order valence-corrected chi connectivity index (χ0v) is 10.0. The van der Waals surface area contributed by atoms with Crippen LogP contribution in [-0.2, 0) is 0 Å². The minimum atomic E-state index is -1.33.